The standard InChI is InChI=1S/C28H22N4O5/c1-16-11-12-30(14-17(16)2)25-24(23-18(3)29-32(27(23)34)19-7-5-4-6-8-19)26(33)31(28(25)35)20-9-10-21-22(13-20)37-15-36-21/h4-14H,15H2,1-3H3/p+1. The number of nitrogens with zero attached hydrogens (tertiary/aromatic N) is 3. The number of nitrogens with one attached hydrogen (secondary N) is 1. The third-order valence-corrected chi connectivity index (χ3v) is 6.71. The highest BCUT2D eigenvalue weighted by molar-refractivity contribution is 6.53. The highest BCUT2D eigenvalue weighted by Gasteiger charge is 2.48. The monoisotopic (exact) mass is 495 g/mol. The molecule has 1 N–H and O–H groups in total. The van der Waals surface area contributed by atoms with Gasteiger partial charge in [-0.25, -0.2) is 9.58 Å². The van der Waals surface area contributed by atoms with Gasteiger partial charge in [0.15, 0.2) is 23.9 Å². The van der Waals surface area contributed by atoms with Crippen molar-refractivity contribution in [2.75, 3.05) is 11.7 Å². The van der Waals surface area contributed by atoms with E-state index in [0.29, 0.717) is 28.6 Å². The summed E-state index contributed by atoms with van der Waals surface area (Å²) in [4.78, 5) is 42.7. The molecule has 9 nitrogen and oxygen atoms in total. The van der Waals surface area contributed by atoms with Crippen LogP contribution in [0.25, 0.3) is 17.0 Å². The zero-order valence-corrected chi connectivity index (χ0v) is 20.4. The third kappa shape index (κ3) is 3.47. The molecule has 0 atom stereocenters. The number of anilines is 1. The van der Waals surface area contributed by atoms with Gasteiger partial charge < -0.3 is 9.47 Å². The Morgan fingerprint density at radius 1 is 0.838 bits per heavy atom. The number of hydrogen-bond acceptors (Lipinski definition) is 5. The van der Waals surface area contributed by atoms with Crippen LogP contribution in [-0.4, -0.2) is 28.4 Å². The van der Waals surface area contributed by atoms with Gasteiger partial charge in [0, 0.05) is 23.4 Å². The van der Waals surface area contributed by atoms with Gasteiger partial charge >= 0.3 is 5.91 Å². The maximum absolute atomic E-state index is 14.0. The largest absolute Gasteiger partial charge is 0.454 e. The number of amides is 2. The van der Waals surface area contributed by atoms with Crippen LogP contribution in [0.4, 0.5) is 5.69 Å². The van der Waals surface area contributed by atoms with E-state index in [4.69, 9.17) is 9.47 Å². The van der Waals surface area contributed by atoms with Crippen molar-refractivity contribution in [2.45, 2.75) is 20.8 Å². The lowest BCUT2D eigenvalue weighted by Crippen LogP contribution is -2.40. The van der Waals surface area contributed by atoms with E-state index >= 15 is 0 Å². The summed E-state index contributed by atoms with van der Waals surface area (Å²) < 4.78 is 13.8. The molecule has 2 aliphatic heterocycles. The molecule has 37 heavy (non-hydrogen) atoms. The Morgan fingerprint density at radius 2 is 1.59 bits per heavy atom. The predicted octanol–water partition coefficient (Wildman–Crippen LogP) is 3.05. The Labute approximate surface area is 211 Å². The van der Waals surface area contributed by atoms with Crippen molar-refractivity contribution in [3.05, 3.63) is 99.7 Å². The number of carbonyl (C=O) groups is 2. The normalized spacial score (nSPS) is 14.7. The van der Waals surface area contributed by atoms with Gasteiger partial charge in [0.25, 0.3) is 17.2 Å². The minimum absolute atomic E-state index is 0.0318. The van der Waals surface area contributed by atoms with Crippen LogP contribution < -0.4 is 24.5 Å². The zero-order chi connectivity index (χ0) is 25.8. The van der Waals surface area contributed by atoms with E-state index in [0.717, 1.165) is 16.0 Å². The van der Waals surface area contributed by atoms with E-state index in [-0.39, 0.29) is 23.6 Å². The number of para-hydroxylation sites is 1. The molecule has 0 unspecified atom stereocenters. The molecular formula is C28H23N4O5+. The average molecular weight is 496 g/mol. The third-order valence-electron chi connectivity index (χ3n) is 6.71. The summed E-state index contributed by atoms with van der Waals surface area (Å²) in [7, 11) is 0. The number of imide groups is 1. The number of fused-ring (bicyclic) bond motifs is 1. The Kier molecular flexibility index (Phi) is 5.08. The fourth-order valence-corrected chi connectivity index (χ4v) is 4.66. The molecule has 0 aliphatic carbocycles. The maximum Gasteiger partial charge on any atom is 0.331 e. The molecule has 0 saturated heterocycles. The second-order valence-corrected chi connectivity index (χ2v) is 9.01. The molecule has 0 fully saturated rings. The fraction of sp³-hybridized carbons (Fsp3) is 0.143. The molecule has 2 amide bonds. The lowest BCUT2D eigenvalue weighted by atomic mass is 10.0. The second-order valence-electron chi connectivity index (χ2n) is 9.01. The first-order valence-electron chi connectivity index (χ1n) is 11.7. The van der Waals surface area contributed by atoms with Gasteiger partial charge in [0.2, 0.25) is 6.79 Å². The topological polar surface area (TPSA) is 97.5 Å². The van der Waals surface area contributed by atoms with Crippen molar-refractivity contribution >= 4 is 28.8 Å². The van der Waals surface area contributed by atoms with Crippen molar-refractivity contribution in [1.29, 1.82) is 0 Å². The van der Waals surface area contributed by atoms with Crippen LogP contribution in [0.3, 0.4) is 0 Å². The number of aryl methyl sites for hydroxylation is 3. The van der Waals surface area contributed by atoms with Crippen molar-refractivity contribution < 1.29 is 23.6 Å². The Morgan fingerprint density at radius 3 is 2.35 bits per heavy atom. The molecule has 184 valence electrons. The quantitative estimate of drug-likeness (QED) is 0.347. The highest BCUT2D eigenvalue weighted by Crippen LogP contribution is 2.39. The molecule has 6 rings (SSSR count). The smallest absolute Gasteiger partial charge is 0.331 e. The van der Waals surface area contributed by atoms with Crippen molar-refractivity contribution in [2.24, 2.45) is 0 Å². The Bertz CT molecular complexity index is 1700. The van der Waals surface area contributed by atoms with Crippen LogP contribution in [0.15, 0.2) is 71.8 Å². The van der Waals surface area contributed by atoms with Gasteiger partial charge in [-0.3, -0.25) is 19.5 Å². The van der Waals surface area contributed by atoms with E-state index in [2.05, 4.69) is 5.10 Å². The Hall–Kier alpha value is -4.92. The molecular weight excluding hydrogens is 472 g/mol. The van der Waals surface area contributed by atoms with E-state index in [1.807, 2.05) is 38.1 Å². The van der Waals surface area contributed by atoms with Crippen molar-refractivity contribution in [3.63, 3.8) is 0 Å². The summed E-state index contributed by atoms with van der Waals surface area (Å²) in [6.45, 7) is 5.67. The van der Waals surface area contributed by atoms with Crippen LogP contribution >= 0.6 is 0 Å². The lowest BCUT2D eigenvalue weighted by Gasteiger charge is -2.14. The summed E-state index contributed by atoms with van der Waals surface area (Å²) >= 11 is 0. The lowest BCUT2D eigenvalue weighted by molar-refractivity contribution is -0.577. The number of hydrogen-bond donors (Lipinski definition) is 1. The molecule has 0 bridgehead atoms. The predicted molar refractivity (Wildman–Crippen MR) is 135 cm³/mol. The summed E-state index contributed by atoms with van der Waals surface area (Å²) in [6.07, 6.45) is 3.51. The van der Waals surface area contributed by atoms with Crippen LogP contribution in [0.2, 0.25) is 0 Å². The van der Waals surface area contributed by atoms with Crippen LogP contribution in [0.5, 0.6) is 11.5 Å². The average Bonchev–Trinajstić information content (AvgIpc) is 3.55. The van der Waals surface area contributed by atoms with Crippen LogP contribution in [0, 0.1) is 20.8 Å². The number of pyridine rings is 1. The second kappa shape index (κ2) is 8.34. The first-order chi connectivity index (χ1) is 17.8. The minimum atomic E-state index is -0.594. The van der Waals surface area contributed by atoms with E-state index in [1.54, 1.807) is 54.2 Å². The van der Waals surface area contributed by atoms with E-state index < -0.39 is 17.4 Å². The fourth-order valence-electron chi connectivity index (χ4n) is 4.66. The molecule has 4 aromatic rings. The van der Waals surface area contributed by atoms with Gasteiger partial charge in [-0.15, -0.1) is 0 Å². The summed E-state index contributed by atoms with van der Waals surface area (Å²) in [5, 5.41) is 3.06. The SMILES string of the molecule is Cc1cc[n+](C2=C(c3c(C)[nH]n(-c4ccccc4)c3=O)C(=O)N(c3ccc4c(c3)OCO4)C2=O)cc1C. The van der Waals surface area contributed by atoms with Crippen LogP contribution in [0.1, 0.15) is 22.4 Å². The van der Waals surface area contributed by atoms with Gasteiger partial charge in [0.05, 0.1) is 16.9 Å². The summed E-state index contributed by atoms with van der Waals surface area (Å²) in [6, 6.07) is 15.8. The minimum Gasteiger partial charge on any atom is -0.454 e. The van der Waals surface area contributed by atoms with Gasteiger partial charge in [-0.1, -0.05) is 18.2 Å². The Balaban J connectivity index is 1.57. The maximum atomic E-state index is 14.0. The molecule has 2 aromatic carbocycles. The van der Waals surface area contributed by atoms with E-state index in [9.17, 15) is 14.4 Å². The van der Waals surface area contributed by atoms with Crippen LogP contribution in [-0.2, 0) is 9.59 Å². The first-order valence-corrected chi connectivity index (χ1v) is 11.7. The molecule has 4 heterocycles. The van der Waals surface area contributed by atoms with Crippen molar-refractivity contribution in [3.8, 4) is 17.2 Å². The summed E-state index contributed by atoms with van der Waals surface area (Å²) in [5.74, 6) is -0.161. The van der Waals surface area contributed by atoms with Gasteiger partial charge in [-0.05, 0) is 50.6 Å². The molecule has 2 aliphatic rings. The number of rotatable bonds is 4. The summed E-state index contributed by atoms with van der Waals surface area (Å²) in [5.41, 5.74) is 3.24. The molecule has 0 radical (unpaired) electrons. The number of benzene rings is 2. The highest BCUT2D eigenvalue weighted by atomic mass is 16.7. The number of ether oxygens (including phenoxy) is 2. The molecule has 2 aromatic heterocycles. The van der Waals surface area contributed by atoms with Gasteiger partial charge in [0.1, 0.15) is 5.57 Å². The molecule has 0 spiro atoms. The van der Waals surface area contributed by atoms with Gasteiger partial charge in [-0.2, -0.15) is 4.57 Å². The van der Waals surface area contributed by atoms with Crippen molar-refractivity contribution in [1.82, 2.24) is 9.78 Å². The number of H-pyrrole nitrogens is 1. The molecule has 9 heteroatoms. The number of aromatic amines is 1. The molecule has 0 saturated carbocycles. The zero-order valence-electron chi connectivity index (χ0n) is 20.4. The number of carbonyl (C=O) groups excluding carboxylic acids is 2. The first kappa shape index (κ1) is 22.5. The van der Waals surface area contributed by atoms with E-state index in [1.165, 1.54) is 4.68 Å². The number of aromatic nitrogens is 3.